The van der Waals surface area contributed by atoms with Gasteiger partial charge in [-0.15, -0.1) is 0 Å². The first kappa shape index (κ1) is 14.1. The second-order valence-electron chi connectivity index (χ2n) is 5.95. The summed E-state index contributed by atoms with van der Waals surface area (Å²) in [6.45, 7) is 5.32. The fraction of sp³-hybridized carbons (Fsp3) is 0.250. The van der Waals surface area contributed by atoms with Crippen molar-refractivity contribution in [3.63, 3.8) is 0 Å². The molecule has 0 spiro atoms. The summed E-state index contributed by atoms with van der Waals surface area (Å²) in [7, 11) is 0. The molecule has 108 valence electrons. The van der Waals surface area contributed by atoms with E-state index in [9.17, 15) is 9.59 Å². The Labute approximate surface area is 130 Å². The van der Waals surface area contributed by atoms with Crippen molar-refractivity contribution < 1.29 is 14.3 Å². The Morgan fingerprint density at radius 3 is 2.62 bits per heavy atom. The Morgan fingerprint density at radius 2 is 1.95 bits per heavy atom. The molecule has 0 saturated heterocycles. The molecule has 0 saturated carbocycles. The van der Waals surface area contributed by atoms with Gasteiger partial charge in [-0.2, -0.15) is 0 Å². The minimum atomic E-state index is -0.655. The van der Waals surface area contributed by atoms with Crippen molar-refractivity contribution >= 4 is 44.4 Å². The van der Waals surface area contributed by atoms with Crippen LogP contribution in [0.1, 0.15) is 31.1 Å². The highest BCUT2D eigenvalue weighted by Gasteiger charge is 2.37. The summed E-state index contributed by atoms with van der Waals surface area (Å²) < 4.78 is 6.16. The first-order valence-electron chi connectivity index (χ1n) is 6.58. The van der Waals surface area contributed by atoms with E-state index in [2.05, 4.69) is 15.9 Å². The third-order valence-corrected chi connectivity index (χ3v) is 3.63. The summed E-state index contributed by atoms with van der Waals surface area (Å²) in [5.74, 6) is -0.344. The van der Waals surface area contributed by atoms with E-state index in [1.807, 2.05) is 18.2 Å². The summed E-state index contributed by atoms with van der Waals surface area (Å²) in [4.78, 5) is 26.0. The van der Waals surface area contributed by atoms with Crippen LogP contribution in [0.3, 0.4) is 0 Å². The zero-order valence-electron chi connectivity index (χ0n) is 11.9. The van der Waals surface area contributed by atoms with E-state index in [4.69, 9.17) is 4.74 Å². The van der Waals surface area contributed by atoms with Crippen molar-refractivity contribution in [1.29, 1.82) is 0 Å². The highest BCUT2D eigenvalue weighted by atomic mass is 79.9. The van der Waals surface area contributed by atoms with Crippen LogP contribution in [-0.2, 0) is 4.74 Å². The quantitative estimate of drug-likeness (QED) is 0.704. The molecule has 0 radical (unpaired) electrons. The third kappa shape index (κ3) is 2.31. The van der Waals surface area contributed by atoms with Crippen LogP contribution in [0.2, 0.25) is 0 Å². The molecule has 21 heavy (non-hydrogen) atoms. The largest absolute Gasteiger partial charge is 0.443 e. The van der Waals surface area contributed by atoms with Gasteiger partial charge in [0.2, 0.25) is 0 Å². The molecular weight excluding hydrogens is 334 g/mol. The SMILES string of the molecule is CC(C)(C)OC(=O)N1C(=O)c2cccc3cc(Br)cc1c23. The number of imide groups is 1. The van der Waals surface area contributed by atoms with Crippen LogP contribution in [0, 0.1) is 0 Å². The van der Waals surface area contributed by atoms with Gasteiger partial charge in [0, 0.05) is 9.86 Å². The number of ether oxygens (including phenoxy) is 1. The van der Waals surface area contributed by atoms with E-state index in [0.717, 1.165) is 20.1 Å². The molecular formula is C16H14BrNO3. The third-order valence-electron chi connectivity index (χ3n) is 3.17. The molecule has 0 aliphatic carbocycles. The van der Waals surface area contributed by atoms with Gasteiger partial charge in [0.25, 0.3) is 5.91 Å². The van der Waals surface area contributed by atoms with Crippen LogP contribution >= 0.6 is 15.9 Å². The Bertz CT molecular complexity index is 777. The number of carbonyl (C=O) groups excluding carboxylic acids is 2. The Morgan fingerprint density at radius 1 is 1.24 bits per heavy atom. The normalized spacial score (nSPS) is 13.9. The lowest BCUT2D eigenvalue weighted by Gasteiger charge is -2.23. The molecule has 0 atom stereocenters. The lowest BCUT2D eigenvalue weighted by atomic mass is 10.1. The van der Waals surface area contributed by atoms with Crippen LogP contribution in [0.4, 0.5) is 10.5 Å². The van der Waals surface area contributed by atoms with E-state index < -0.39 is 11.7 Å². The first-order valence-corrected chi connectivity index (χ1v) is 7.37. The minimum absolute atomic E-state index is 0.344. The number of nitrogens with zero attached hydrogens (tertiary/aromatic N) is 1. The van der Waals surface area contributed by atoms with Gasteiger partial charge in [0.15, 0.2) is 0 Å². The fourth-order valence-electron chi connectivity index (χ4n) is 2.44. The smallest absolute Gasteiger partial charge is 0.422 e. The van der Waals surface area contributed by atoms with Crippen LogP contribution in [-0.4, -0.2) is 17.6 Å². The summed E-state index contributed by atoms with van der Waals surface area (Å²) >= 11 is 3.42. The van der Waals surface area contributed by atoms with Crippen molar-refractivity contribution in [3.05, 3.63) is 40.4 Å². The van der Waals surface area contributed by atoms with Crippen molar-refractivity contribution in [3.8, 4) is 0 Å². The Hall–Kier alpha value is -1.88. The van der Waals surface area contributed by atoms with Gasteiger partial charge in [0.1, 0.15) is 5.60 Å². The predicted molar refractivity (Wildman–Crippen MR) is 84.7 cm³/mol. The summed E-state index contributed by atoms with van der Waals surface area (Å²) in [6, 6.07) is 9.14. The molecule has 2 aromatic rings. The van der Waals surface area contributed by atoms with E-state index >= 15 is 0 Å². The van der Waals surface area contributed by atoms with Gasteiger partial charge in [-0.05, 0) is 44.4 Å². The number of anilines is 1. The van der Waals surface area contributed by atoms with Crippen molar-refractivity contribution in [2.24, 2.45) is 0 Å². The number of carbonyl (C=O) groups is 2. The molecule has 5 heteroatoms. The fourth-order valence-corrected chi connectivity index (χ4v) is 2.91. The molecule has 0 unspecified atom stereocenters. The summed E-state index contributed by atoms with van der Waals surface area (Å²) in [6.07, 6.45) is -0.650. The maximum absolute atomic E-state index is 12.5. The topological polar surface area (TPSA) is 46.6 Å². The predicted octanol–water partition coefficient (Wildman–Crippen LogP) is 4.50. The number of halogens is 1. The average molecular weight is 348 g/mol. The molecule has 3 rings (SSSR count). The van der Waals surface area contributed by atoms with Crippen molar-refractivity contribution in [1.82, 2.24) is 0 Å². The van der Waals surface area contributed by atoms with Crippen molar-refractivity contribution in [2.45, 2.75) is 26.4 Å². The zero-order chi connectivity index (χ0) is 15.4. The van der Waals surface area contributed by atoms with Gasteiger partial charge in [-0.25, -0.2) is 9.69 Å². The van der Waals surface area contributed by atoms with E-state index in [-0.39, 0.29) is 5.91 Å². The summed E-state index contributed by atoms with van der Waals surface area (Å²) in [5.41, 5.74) is 0.437. The number of rotatable bonds is 0. The highest BCUT2D eigenvalue weighted by Crippen LogP contribution is 2.40. The molecule has 2 aromatic carbocycles. The van der Waals surface area contributed by atoms with Crippen LogP contribution < -0.4 is 4.90 Å². The molecule has 4 nitrogen and oxygen atoms in total. The number of hydrogen-bond acceptors (Lipinski definition) is 3. The molecule has 0 bridgehead atoms. The molecule has 1 aliphatic heterocycles. The second kappa shape index (κ2) is 4.56. The maximum atomic E-state index is 12.5. The molecule has 0 aromatic heterocycles. The van der Waals surface area contributed by atoms with E-state index in [1.54, 1.807) is 32.9 Å². The van der Waals surface area contributed by atoms with Gasteiger partial charge in [0.05, 0.1) is 11.3 Å². The summed E-state index contributed by atoms with van der Waals surface area (Å²) in [5, 5.41) is 1.70. The second-order valence-corrected chi connectivity index (χ2v) is 6.87. The zero-order valence-corrected chi connectivity index (χ0v) is 13.5. The van der Waals surface area contributed by atoms with Crippen LogP contribution in [0.5, 0.6) is 0 Å². The van der Waals surface area contributed by atoms with Crippen LogP contribution in [0.15, 0.2) is 34.8 Å². The standard InChI is InChI=1S/C16H14BrNO3/c1-16(2,3)21-15(20)18-12-8-10(17)7-9-5-4-6-11(13(9)12)14(18)19/h4-8H,1-3H3. The average Bonchev–Trinajstić information content (AvgIpc) is 2.62. The number of benzene rings is 2. The van der Waals surface area contributed by atoms with Gasteiger partial charge < -0.3 is 4.74 Å². The molecule has 1 aliphatic rings. The number of amides is 2. The minimum Gasteiger partial charge on any atom is -0.443 e. The number of hydrogen-bond donors (Lipinski definition) is 0. The van der Waals surface area contributed by atoms with Crippen LogP contribution in [0.25, 0.3) is 10.8 Å². The van der Waals surface area contributed by atoms with Crippen molar-refractivity contribution in [2.75, 3.05) is 4.90 Å². The van der Waals surface area contributed by atoms with Gasteiger partial charge >= 0.3 is 6.09 Å². The van der Waals surface area contributed by atoms with E-state index in [1.165, 1.54) is 0 Å². The monoisotopic (exact) mass is 347 g/mol. The van der Waals surface area contributed by atoms with Gasteiger partial charge in [-0.1, -0.05) is 28.1 Å². The maximum Gasteiger partial charge on any atom is 0.422 e. The molecule has 2 amide bonds. The Balaban J connectivity index is 2.16. The highest BCUT2D eigenvalue weighted by molar-refractivity contribution is 9.10. The van der Waals surface area contributed by atoms with Gasteiger partial charge in [-0.3, -0.25) is 4.79 Å². The molecule has 0 N–H and O–H groups in total. The van der Waals surface area contributed by atoms with E-state index in [0.29, 0.717) is 11.3 Å². The first-order chi connectivity index (χ1) is 9.78. The lowest BCUT2D eigenvalue weighted by Crippen LogP contribution is -2.38. The lowest BCUT2D eigenvalue weighted by molar-refractivity contribution is 0.0567. The molecule has 1 heterocycles. The Kier molecular flexibility index (Phi) is 3.06. The molecule has 0 fully saturated rings.